The summed E-state index contributed by atoms with van der Waals surface area (Å²) in [4.78, 5) is 4.93. The molecule has 2 bridgehead atoms. The molecule has 6 heteroatoms. The smallest absolute Gasteiger partial charge is 0.114 e. The second kappa shape index (κ2) is 5.75. The fourth-order valence-corrected chi connectivity index (χ4v) is 4.59. The molecule has 0 aliphatic carbocycles. The van der Waals surface area contributed by atoms with Crippen molar-refractivity contribution >= 4 is 45.5 Å². The molecule has 2 unspecified atom stereocenters. The van der Waals surface area contributed by atoms with Crippen LogP contribution in [0.2, 0.25) is 10.0 Å². The maximum atomic E-state index is 6.29. The van der Waals surface area contributed by atoms with E-state index in [9.17, 15) is 0 Å². The van der Waals surface area contributed by atoms with Gasteiger partial charge in [0.2, 0.25) is 0 Å². The Balaban J connectivity index is 1.47. The lowest BCUT2D eigenvalue weighted by Gasteiger charge is -2.37. The number of halogens is 2. The van der Waals surface area contributed by atoms with Crippen molar-refractivity contribution in [2.24, 2.45) is 0 Å². The molecule has 2 aliphatic rings. The molecule has 126 valence electrons. The van der Waals surface area contributed by atoms with Crippen molar-refractivity contribution < 1.29 is 0 Å². The molecular formula is C19H16Cl2N4. The van der Waals surface area contributed by atoms with Crippen molar-refractivity contribution in [3.63, 3.8) is 0 Å². The van der Waals surface area contributed by atoms with Gasteiger partial charge in [0, 0.05) is 41.3 Å². The van der Waals surface area contributed by atoms with Gasteiger partial charge in [0.05, 0.1) is 16.9 Å². The minimum absolute atomic E-state index is 0.468. The SMILES string of the molecule is Clc1cccc(N2CC3CC2CN3c2cnnc3c(Cl)cccc23)c1. The zero-order valence-corrected chi connectivity index (χ0v) is 15.0. The first-order valence-corrected chi connectivity index (χ1v) is 9.15. The molecule has 1 aromatic heterocycles. The molecule has 2 saturated heterocycles. The second-order valence-electron chi connectivity index (χ2n) is 6.69. The molecule has 25 heavy (non-hydrogen) atoms. The molecule has 2 aliphatic heterocycles. The van der Waals surface area contributed by atoms with Crippen LogP contribution in [0.3, 0.4) is 0 Å². The zero-order chi connectivity index (χ0) is 17.0. The van der Waals surface area contributed by atoms with Crippen LogP contribution in [0.15, 0.2) is 48.7 Å². The average molecular weight is 371 g/mol. The number of piperazine rings is 1. The Bertz CT molecular complexity index is 961. The first kappa shape index (κ1) is 15.2. The van der Waals surface area contributed by atoms with Crippen LogP contribution in [0.5, 0.6) is 0 Å². The molecular weight excluding hydrogens is 355 g/mol. The van der Waals surface area contributed by atoms with Gasteiger partial charge in [0.25, 0.3) is 0 Å². The third-order valence-corrected chi connectivity index (χ3v) is 5.83. The number of aromatic nitrogens is 2. The molecule has 5 rings (SSSR count). The molecule has 0 spiro atoms. The number of anilines is 2. The highest BCUT2D eigenvalue weighted by Crippen LogP contribution is 2.40. The van der Waals surface area contributed by atoms with Crippen molar-refractivity contribution in [2.45, 2.75) is 18.5 Å². The van der Waals surface area contributed by atoms with E-state index >= 15 is 0 Å². The topological polar surface area (TPSA) is 32.3 Å². The number of hydrogen-bond acceptors (Lipinski definition) is 4. The van der Waals surface area contributed by atoms with E-state index in [1.165, 1.54) is 5.69 Å². The minimum atomic E-state index is 0.468. The molecule has 3 heterocycles. The predicted molar refractivity (Wildman–Crippen MR) is 103 cm³/mol. The molecule has 3 aromatic rings. The summed E-state index contributed by atoms with van der Waals surface area (Å²) >= 11 is 12.5. The molecule has 4 nitrogen and oxygen atoms in total. The van der Waals surface area contributed by atoms with Crippen molar-refractivity contribution in [1.82, 2.24) is 10.2 Å². The Kier molecular flexibility index (Phi) is 3.50. The lowest BCUT2D eigenvalue weighted by Crippen LogP contribution is -2.46. The van der Waals surface area contributed by atoms with Crippen molar-refractivity contribution in [2.75, 3.05) is 22.9 Å². The van der Waals surface area contributed by atoms with Gasteiger partial charge >= 0.3 is 0 Å². The summed E-state index contributed by atoms with van der Waals surface area (Å²) in [5.41, 5.74) is 3.11. The third kappa shape index (κ3) is 2.43. The molecule has 0 amide bonds. The molecule has 0 radical (unpaired) electrons. The predicted octanol–water partition coefficient (Wildman–Crippen LogP) is 4.40. The molecule has 0 N–H and O–H groups in total. The van der Waals surface area contributed by atoms with Crippen molar-refractivity contribution in [3.05, 3.63) is 58.7 Å². The van der Waals surface area contributed by atoms with E-state index in [4.69, 9.17) is 23.2 Å². The Hall–Kier alpha value is -2.04. The fourth-order valence-electron chi connectivity index (χ4n) is 4.20. The first-order valence-electron chi connectivity index (χ1n) is 8.39. The summed E-state index contributed by atoms with van der Waals surface area (Å²) < 4.78 is 0. The van der Waals surface area contributed by atoms with Crippen LogP contribution in [0.25, 0.3) is 10.9 Å². The lowest BCUT2D eigenvalue weighted by molar-refractivity contribution is 0.647. The summed E-state index contributed by atoms with van der Waals surface area (Å²) in [6.45, 7) is 1.97. The first-order chi connectivity index (χ1) is 12.2. The van der Waals surface area contributed by atoms with Crippen LogP contribution in [0, 0.1) is 0 Å². The summed E-state index contributed by atoms with van der Waals surface area (Å²) in [7, 11) is 0. The van der Waals surface area contributed by atoms with Crippen LogP contribution in [-0.4, -0.2) is 35.4 Å². The van der Waals surface area contributed by atoms with Crippen molar-refractivity contribution in [1.29, 1.82) is 0 Å². The monoisotopic (exact) mass is 370 g/mol. The maximum absolute atomic E-state index is 6.29. The lowest BCUT2D eigenvalue weighted by atomic mass is 10.1. The van der Waals surface area contributed by atoms with Crippen LogP contribution in [-0.2, 0) is 0 Å². The molecule has 2 aromatic carbocycles. The van der Waals surface area contributed by atoms with Gasteiger partial charge in [-0.05, 0) is 30.7 Å². The average Bonchev–Trinajstić information content (AvgIpc) is 3.22. The van der Waals surface area contributed by atoms with Crippen molar-refractivity contribution in [3.8, 4) is 0 Å². The summed E-state index contributed by atoms with van der Waals surface area (Å²) in [5.74, 6) is 0. The van der Waals surface area contributed by atoms with Crippen LogP contribution < -0.4 is 9.80 Å². The molecule has 2 atom stereocenters. The van der Waals surface area contributed by atoms with Crippen LogP contribution >= 0.6 is 23.2 Å². The number of rotatable bonds is 2. The quantitative estimate of drug-likeness (QED) is 0.668. The van der Waals surface area contributed by atoms with E-state index < -0.39 is 0 Å². The van der Waals surface area contributed by atoms with E-state index in [1.807, 2.05) is 30.5 Å². The summed E-state index contributed by atoms with van der Waals surface area (Å²) in [6.07, 6.45) is 3.01. The number of fused-ring (bicyclic) bond motifs is 3. The molecule has 2 fully saturated rings. The van der Waals surface area contributed by atoms with E-state index in [1.54, 1.807) is 0 Å². The summed E-state index contributed by atoms with van der Waals surface area (Å²) in [6, 6.07) is 15.0. The largest absolute Gasteiger partial charge is 0.365 e. The fraction of sp³-hybridized carbons (Fsp3) is 0.263. The van der Waals surface area contributed by atoms with Gasteiger partial charge in [0.1, 0.15) is 5.52 Å². The Morgan fingerprint density at radius 1 is 0.960 bits per heavy atom. The van der Waals surface area contributed by atoms with Gasteiger partial charge in [-0.15, -0.1) is 5.10 Å². The highest BCUT2D eigenvalue weighted by atomic mass is 35.5. The summed E-state index contributed by atoms with van der Waals surface area (Å²) in [5, 5.41) is 10.9. The number of benzene rings is 2. The maximum Gasteiger partial charge on any atom is 0.114 e. The van der Waals surface area contributed by atoms with Gasteiger partial charge in [-0.2, -0.15) is 5.10 Å². The van der Waals surface area contributed by atoms with Gasteiger partial charge < -0.3 is 9.80 Å². The van der Waals surface area contributed by atoms with Gasteiger partial charge in [-0.25, -0.2) is 0 Å². The van der Waals surface area contributed by atoms with E-state index in [0.717, 1.165) is 41.1 Å². The number of hydrogen-bond donors (Lipinski definition) is 0. The minimum Gasteiger partial charge on any atom is -0.365 e. The zero-order valence-electron chi connectivity index (χ0n) is 13.4. The Labute approximate surface area is 156 Å². The van der Waals surface area contributed by atoms with Crippen LogP contribution in [0.1, 0.15) is 6.42 Å². The Morgan fingerprint density at radius 3 is 2.56 bits per heavy atom. The van der Waals surface area contributed by atoms with Crippen LogP contribution in [0.4, 0.5) is 11.4 Å². The molecule has 0 saturated carbocycles. The van der Waals surface area contributed by atoms with Gasteiger partial charge in [-0.1, -0.05) is 41.4 Å². The van der Waals surface area contributed by atoms with E-state index in [-0.39, 0.29) is 0 Å². The standard InChI is InChI=1S/C19H16Cl2N4/c20-12-3-1-4-13(7-12)24-10-15-8-14(24)11-25(15)18-9-22-23-19-16(18)5-2-6-17(19)21/h1-7,9,14-15H,8,10-11H2. The highest BCUT2D eigenvalue weighted by Gasteiger charge is 2.43. The van der Waals surface area contributed by atoms with Gasteiger partial charge in [0.15, 0.2) is 0 Å². The van der Waals surface area contributed by atoms with Gasteiger partial charge in [-0.3, -0.25) is 0 Å². The third-order valence-electron chi connectivity index (χ3n) is 5.29. The second-order valence-corrected chi connectivity index (χ2v) is 7.54. The van der Waals surface area contributed by atoms with E-state index in [0.29, 0.717) is 17.1 Å². The van der Waals surface area contributed by atoms with E-state index in [2.05, 4.69) is 38.2 Å². The normalized spacial score (nSPS) is 22.2. The highest BCUT2D eigenvalue weighted by molar-refractivity contribution is 6.35. The number of nitrogens with zero attached hydrogens (tertiary/aromatic N) is 4. The Morgan fingerprint density at radius 2 is 1.76 bits per heavy atom.